The van der Waals surface area contributed by atoms with Crippen molar-refractivity contribution in [2.45, 2.75) is 13.5 Å². The summed E-state index contributed by atoms with van der Waals surface area (Å²) in [5.74, 6) is 2.61. The average Bonchev–Trinajstić information content (AvgIpc) is 2.68. The third kappa shape index (κ3) is 4.80. The van der Waals surface area contributed by atoms with Crippen LogP contribution < -0.4 is 20.1 Å². The number of methoxy groups -OCH3 is 2. The second kappa shape index (κ2) is 8.60. The van der Waals surface area contributed by atoms with E-state index in [1.807, 2.05) is 49.4 Å². The Labute approximate surface area is 163 Å². The van der Waals surface area contributed by atoms with E-state index in [0.717, 1.165) is 16.8 Å². The summed E-state index contributed by atoms with van der Waals surface area (Å²) in [7, 11) is 3.23. The average molecular weight is 385 g/mol. The van der Waals surface area contributed by atoms with E-state index < -0.39 is 0 Å². The minimum absolute atomic E-state index is 0.529. The molecule has 0 saturated heterocycles. The maximum Gasteiger partial charge on any atom is 0.224 e. The van der Waals surface area contributed by atoms with Gasteiger partial charge in [0, 0.05) is 23.5 Å². The highest BCUT2D eigenvalue weighted by Crippen LogP contribution is 2.28. The van der Waals surface area contributed by atoms with E-state index in [4.69, 9.17) is 21.1 Å². The molecule has 27 heavy (non-hydrogen) atoms. The predicted molar refractivity (Wildman–Crippen MR) is 108 cm³/mol. The molecule has 140 valence electrons. The summed E-state index contributed by atoms with van der Waals surface area (Å²) >= 11 is 6.01. The molecule has 6 nitrogen and oxygen atoms in total. The van der Waals surface area contributed by atoms with Gasteiger partial charge in [-0.2, -0.15) is 4.98 Å². The van der Waals surface area contributed by atoms with Gasteiger partial charge in [0.2, 0.25) is 5.95 Å². The lowest BCUT2D eigenvalue weighted by atomic mass is 10.2. The minimum atomic E-state index is 0.529. The second-order valence-corrected chi connectivity index (χ2v) is 6.33. The van der Waals surface area contributed by atoms with Crippen molar-refractivity contribution in [3.8, 4) is 11.5 Å². The number of nitrogens with zero attached hydrogens (tertiary/aromatic N) is 2. The van der Waals surface area contributed by atoms with Crippen LogP contribution in [0.3, 0.4) is 0 Å². The molecule has 0 amide bonds. The molecule has 2 aromatic carbocycles. The standard InChI is InChI=1S/C20H21ClN4O2/c1-13-10-15(21)5-6-16(13)24-19-8-9-22-20(25-19)23-12-14-4-7-17(26-2)18(11-14)27-3/h4-11H,12H2,1-3H3,(H2,22,23,24,25). The molecular formula is C20H21ClN4O2. The summed E-state index contributed by atoms with van der Waals surface area (Å²) in [6.07, 6.45) is 1.71. The van der Waals surface area contributed by atoms with Gasteiger partial charge in [0.25, 0.3) is 0 Å². The molecule has 0 aliphatic rings. The molecule has 1 heterocycles. The molecular weight excluding hydrogens is 364 g/mol. The fourth-order valence-corrected chi connectivity index (χ4v) is 2.82. The maximum absolute atomic E-state index is 6.01. The number of hydrogen-bond donors (Lipinski definition) is 2. The maximum atomic E-state index is 6.01. The predicted octanol–water partition coefficient (Wildman–Crippen LogP) is 4.81. The fraction of sp³-hybridized carbons (Fsp3) is 0.200. The molecule has 3 aromatic rings. The molecule has 3 rings (SSSR count). The molecule has 0 aliphatic carbocycles. The van der Waals surface area contributed by atoms with E-state index in [2.05, 4.69) is 20.6 Å². The Balaban J connectivity index is 1.69. The Morgan fingerprint density at radius 2 is 1.81 bits per heavy atom. The zero-order valence-electron chi connectivity index (χ0n) is 15.4. The molecule has 0 aliphatic heterocycles. The zero-order chi connectivity index (χ0) is 19.2. The van der Waals surface area contributed by atoms with E-state index in [0.29, 0.717) is 34.8 Å². The number of benzene rings is 2. The van der Waals surface area contributed by atoms with E-state index in [1.54, 1.807) is 20.4 Å². The van der Waals surface area contributed by atoms with Gasteiger partial charge in [-0.3, -0.25) is 0 Å². The number of hydrogen-bond acceptors (Lipinski definition) is 6. The monoisotopic (exact) mass is 384 g/mol. The lowest BCUT2D eigenvalue weighted by Gasteiger charge is -2.12. The normalized spacial score (nSPS) is 10.4. The smallest absolute Gasteiger partial charge is 0.224 e. The molecule has 0 bridgehead atoms. The van der Waals surface area contributed by atoms with Crippen molar-refractivity contribution in [3.63, 3.8) is 0 Å². The van der Waals surface area contributed by atoms with Gasteiger partial charge in [0.15, 0.2) is 11.5 Å². The zero-order valence-corrected chi connectivity index (χ0v) is 16.2. The highest BCUT2D eigenvalue weighted by atomic mass is 35.5. The number of ether oxygens (including phenoxy) is 2. The Morgan fingerprint density at radius 1 is 1.00 bits per heavy atom. The van der Waals surface area contributed by atoms with Gasteiger partial charge in [-0.05, 0) is 54.4 Å². The molecule has 0 fully saturated rings. The van der Waals surface area contributed by atoms with E-state index >= 15 is 0 Å². The number of aromatic nitrogens is 2. The lowest BCUT2D eigenvalue weighted by molar-refractivity contribution is 0.354. The van der Waals surface area contributed by atoms with Gasteiger partial charge in [-0.25, -0.2) is 4.98 Å². The Hall–Kier alpha value is -2.99. The molecule has 0 spiro atoms. The third-order valence-electron chi connectivity index (χ3n) is 4.01. The van der Waals surface area contributed by atoms with E-state index in [9.17, 15) is 0 Å². The van der Waals surface area contributed by atoms with Crippen LogP contribution in [0.15, 0.2) is 48.7 Å². The minimum Gasteiger partial charge on any atom is -0.493 e. The van der Waals surface area contributed by atoms with E-state index in [-0.39, 0.29) is 0 Å². The molecule has 0 atom stereocenters. The first-order chi connectivity index (χ1) is 13.1. The molecule has 0 radical (unpaired) electrons. The Bertz CT molecular complexity index is 934. The van der Waals surface area contributed by atoms with E-state index in [1.165, 1.54) is 0 Å². The number of halogens is 1. The highest BCUT2D eigenvalue weighted by Gasteiger charge is 2.06. The van der Waals surface area contributed by atoms with Crippen LogP contribution in [0.2, 0.25) is 5.02 Å². The Kier molecular flexibility index (Phi) is 5.98. The number of aryl methyl sites for hydroxylation is 1. The summed E-state index contributed by atoms with van der Waals surface area (Å²) < 4.78 is 10.6. The largest absolute Gasteiger partial charge is 0.493 e. The first-order valence-electron chi connectivity index (χ1n) is 8.40. The highest BCUT2D eigenvalue weighted by molar-refractivity contribution is 6.30. The number of nitrogens with one attached hydrogen (secondary N) is 2. The van der Waals surface area contributed by atoms with Crippen molar-refractivity contribution in [1.29, 1.82) is 0 Å². The van der Waals surface area contributed by atoms with Crippen LogP contribution in [-0.2, 0) is 6.54 Å². The number of anilines is 3. The van der Waals surface area contributed by atoms with Crippen LogP contribution in [0, 0.1) is 6.92 Å². The van der Waals surface area contributed by atoms with Crippen LogP contribution in [0.5, 0.6) is 11.5 Å². The van der Waals surface area contributed by atoms with Crippen molar-refractivity contribution in [2.24, 2.45) is 0 Å². The third-order valence-corrected chi connectivity index (χ3v) is 4.24. The van der Waals surface area contributed by atoms with Crippen LogP contribution in [0.4, 0.5) is 17.5 Å². The van der Waals surface area contributed by atoms with Gasteiger partial charge in [-0.1, -0.05) is 17.7 Å². The summed E-state index contributed by atoms with van der Waals surface area (Å²) in [5, 5.41) is 7.21. The SMILES string of the molecule is COc1ccc(CNc2nccc(Nc3ccc(Cl)cc3C)n2)cc1OC. The quantitative estimate of drug-likeness (QED) is 0.609. The van der Waals surface area contributed by atoms with Gasteiger partial charge in [0.1, 0.15) is 5.82 Å². The van der Waals surface area contributed by atoms with Gasteiger partial charge in [0.05, 0.1) is 14.2 Å². The summed E-state index contributed by atoms with van der Waals surface area (Å²) in [4.78, 5) is 8.77. The van der Waals surface area contributed by atoms with Crippen molar-refractivity contribution in [3.05, 3.63) is 64.8 Å². The van der Waals surface area contributed by atoms with Crippen LogP contribution in [0.1, 0.15) is 11.1 Å². The fourth-order valence-electron chi connectivity index (χ4n) is 2.59. The second-order valence-electron chi connectivity index (χ2n) is 5.89. The van der Waals surface area contributed by atoms with Crippen LogP contribution in [-0.4, -0.2) is 24.2 Å². The number of rotatable bonds is 7. The first kappa shape index (κ1) is 18.8. The summed E-state index contributed by atoms with van der Waals surface area (Å²) in [5.41, 5.74) is 3.02. The van der Waals surface area contributed by atoms with Crippen molar-refractivity contribution >= 4 is 29.1 Å². The lowest BCUT2D eigenvalue weighted by Crippen LogP contribution is -2.05. The van der Waals surface area contributed by atoms with Crippen molar-refractivity contribution in [2.75, 3.05) is 24.9 Å². The van der Waals surface area contributed by atoms with Crippen molar-refractivity contribution < 1.29 is 9.47 Å². The van der Waals surface area contributed by atoms with Crippen LogP contribution in [0.25, 0.3) is 0 Å². The topological polar surface area (TPSA) is 68.3 Å². The summed E-state index contributed by atoms with van der Waals surface area (Å²) in [6, 6.07) is 13.2. The van der Waals surface area contributed by atoms with Crippen molar-refractivity contribution in [1.82, 2.24) is 9.97 Å². The molecule has 1 aromatic heterocycles. The van der Waals surface area contributed by atoms with Gasteiger partial charge < -0.3 is 20.1 Å². The molecule has 7 heteroatoms. The van der Waals surface area contributed by atoms with Gasteiger partial charge in [-0.15, -0.1) is 0 Å². The Morgan fingerprint density at radius 3 is 2.56 bits per heavy atom. The molecule has 2 N–H and O–H groups in total. The molecule has 0 unspecified atom stereocenters. The van der Waals surface area contributed by atoms with Crippen LogP contribution >= 0.6 is 11.6 Å². The summed E-state index contributed by atoms with van der Waals surface area (Å²) in [6.45, 7) is 2.55. The molecule has 0 saturated carbocycles. The van der Waals surface area contributed by atoms with Gasteiger partial charge >= 0.3 is 0 Å². The first-order valence-corrected chi connectivity index (χ1v) is 8.78.